The van der Waals surface area contributed by atoms with E-state index in [1.807, 2.05) is 0 Å². The van der Waals surface area contributed by atoms with Crippen molar-refractivity contribution in [2.75, 3.05) is 11.9 Å². The first-order chi connectivity index (χ1) is 9.65. The number of anilines is 1. The largest absolute Gasteiger partial charge is 0.370 e. The summed E-state index contributed by atoms with van der Waals surface area (Å²) in [5, 5.41) is 3.43. The van der Waals surface area contributed by atoms with Crippen molar-refractivity contribution in [2.24, 2.45) is 0 Å². The van der Waals surface area contributed by atoms with E-state index in [0.717, 1.165) is 13.0 Å². The van der Waals surface area contributed by atoms with E-state index < -0.39 is 5.82 Å². The predicted octanol–water partition coefficient (Wildman–Crippen LogP) is 2.51. The minimum absolute atomic E-state index is 0.162. The zero-order chi connectivity index (χ0) is 14.1. The molecule has 0 atom stereocenters. The van der Waals surface area contributed by atoms with Crippen LogP contribution in [0.25, 0.3) is 0 Å². The molecule has 2 aromatic rings. The number of aromatic amines is 1. The highest BCUT2D eigenvalue weighted by atomic mass is 35.5. The molecule has 0 unspecified atom stereocenters. The number of rotatable bonds is 2. The highest BCUT2D eigenvalue weighted by Gasteiger charge is 2.16. The van der Waals surface area contributed by atoms with Crippen molar-refractivity contribution in [3.05, 3.63) is 56.3 Å². The molecule has 0 saturated carbocycles. The standard InChI is InChI=1S/C14H13ClFN3O/c15-10-4-1-5-11(16)9(10)7-12-18-13-8(14(20)19-12)3-2-6-17-13/h1,4-5H,2-3,6-7H2,(H2,17,18,19,20). The van der Waals surface area contributed by atoms with Gasteiger partial charge in [0.15, 0.2) is 0 Å². The summed E-state index contributed by atoms with van der Waals surface area (Å²) >= 11 is 5.99. The highest BCUT2D eigenvalue weighted by molar-refractivity contribution is 6.31. The van der Waals surface area contributed by atoms with Gasteiger partial charge in [0.2, 0.25) is 0 Å². The Balaban J connectivity index is 2.00. The van der Waals surface area contributed by atoms with Crippen LogP contribution in [0.5, 0.6) is 0 Å². The maximum Gasteiger partial charge on any atom is 0.256 e. The van der Waals surface area contributed by atoms with Crippen LogP contribution in [-0.4, -0.2) is 16.5 Å². The van der Waals surface area contributed by atoms with Crippen LogP contribution >= 0.6 is 11.6 Å². The minimum Gasteiger partial charge on any atom is -0.370 e. The van der Waals surface area contributed by atoms with Crippen molar-refractivity contribution in [1.29, 1.82) is 0 Å². The topological polar surface area (TPSA) is 57.8 Å². The minimum atomic E-state index is -0.397. The lowest BCUT2D eigenvalue weighted by atomic mass is 10.1. The van der Waals surface area contributed by atoms with E-state index in [1.54, 1.807) is 12.1 Å². The molecule has 4 nitrogen and oxygen atoms in total. The first kappa shape index (κ1) is 13.1. The van der Waals surface area contributed by atoms with Gasteiger partial charge in [-0.25, -0.2) is 9.37 Å². The number of nitrogens with one attached hydrogen (secondary N) is 2. The summed E-state index contributed by atoms with van der Waals surface area (Å²) < 4.78 is 13.8. The maximum absolute atomic E-state index is 13.8. The Bertz CT molecular complexity index is 694. The number of H-pyrrole nitrogens is 1. The van der Waals surface area contributed by atoms with Crippen LogP contribution < -0.4 is 10.9 Å². The number of hydrogen-bond donors (Lipinski definition) is 2. The van der Waals surface area contributed by atoms with Gasteiger partial charge in [0.1, 0.15) is 17.5 Å². The Morgan fingerprint density at radius 2 is 2.25 bits per heavy atom. The molecule has 2 N–H and O–H groups in total. The maximum atomic E-state index is 13.8. The molecule has 6 heteroatoms. The molecule has 1 aliphatic rings. The normalized spacial score (nSPS) is 13.7. The second kappa shape index (κ2) is 5.25. The van der Waals surface area contributed by atoms with Gasteiger partial charge in [-0.1, -0.05) is 17.7 Å². The van der Waals surface area contributed by atoms with Crippen molar-refractivity contribution in [1.82, 2.24) is 9.97 Å². The third kappa shape index (κ3) is 2.41. The second-order valence-electron chi connectivity index (χ2n) is 4.75. The average Bonchev–Trinajstić information content (AvgIpc) is 2.43. The summed E-state index contributed by atoms with van der Waals surface area (Å²) in [5.74, 6) is 0.614. The van der Waals surface area contributed by atoms with Gasteiger partial charge in [0, 0.05) is 23.6 Å². The monoisotopic (exact) mass is 293 g/mol. The first-order valence-electron chi connectivity index (χ1n) is 6.44. The Labute approximate surface area is 120 Å². The number of benzene rings is 1. The van der Waals surface area contributed by atoms with Gasteiger partial charge >= 0.3 is 0 Å². The summed E-state index contributed by atoms with van der Waals surface area (Å²) in [5.41, 5.74) is 0.845. The lowest BCUT2D eigenvalue weighted by molar-refractivity contribution is 0.612. The summed E-state index contributed by atoms with van der Waals surface area (Å²) in [6.45, 7) is 0.795. The second-order valence-corrected chi connectivity index (χ2v) is 5.15. The highest BCUT2D eigenvalue weighted by Crippen LogP contribution is 2.22. The van der Waals surface area contributed by atoms with Crippen LogP contribution in [0.2, 0.25) is 5.02 Å². The summed E-state index contributed by atoms with van der Waals surface area (Å²) in [6, 6.07) is 4.51. The molecule has 3 rings (SSSR count). The quantitative estimate of drug-likeness (QED) is 0.894. The van der Waals surface area contributed by atoms with Crippen LogP contribution in [0.15, 0.2) is 23.0 Å². The number of halogens is 2. The van der Waals surface area contributed by atoms with Crippen LogP contribution in [0.4, 0.5) is 10.2 Å². The fourth-order valence-corrected chi connectivity index (χ4v) is 2.58. The summed E-state index contributed by atoms with van der Waals surface area (Å²) in [4.78, 5) is 19.0. The molecule has 1 aliphatic heterocycles. The first-order valence-corrected chi connectivity index (χ1v) is 6.82. The Morgan fingerprint density at radius 1 is 1.40 bits per heavy atom. The molecule has 104 valence electrons. The van der Waals surface area contributed by atoms with E-state index in [9.17, 15) is 9.18 Å². The van der Waals surface area contributed by atoms with Crippen LogP contribution in [0.1, 0.15) is 23.4 Å². The van der Waals surface area contributed by atoms with E-state index in [0.29, 0.717) is 34.2 Å². The summed E-state index contributed by atoms with van der Waals surface area (Å²) in [7, 11) is 0. The number of aromatic nitrogens is 2. The Morgan fingerprint density at radius 3 is 3.05 bits per heavy atom. The van der Waals surface area contributed by atoms with Crippen molar-refractivity contribution in [2.45, 2.75) is 19.3 Å². The van der Waals surface area contributed by atoms with Crippen molar-refractivity contribution >= 4 is 17.4 Å². The van der Waals surface area contributed by atoms with Gasteiger partial charge in [-0.3, -0.25) is 4.79 Å². The molecule has 20 heavy (non-hydrogen) atoms. The van der Waals surface area contributed by atoms with Gasteiger partial charge in [-0.15, -0.1) is 0 Å². The molecule has 0 bridgehead atoms. The Hall–Kier alpha value is -1.88. The lowest BCUT2D eigenvalue weighted by Gasteiger charge is -2.16. The average molecular weight is 294 g/mol. The molecule has 0 radical (unpaired) electrons. The fourth-order valence-electron chi connectivity index (χ4n) is 2.35. The molecule has 1 aromatic carbocycles. The molecular weight excluding hydrogens is 281 g/mol. The summed E-state index contributed by atoms with van der Waals surface area (Å²) in [6.07, 6.45) is 1.79. The molecule has 2 heterocycles. The van der Waals surface area contributed by atoms with E-state index in [1.165, 1.54) is 6.07 Å². The third-order valence-corrected chi connectivity index (χ3v) is 3.72. The zero-order valence-electron chi connectivity index (χ0n) is 10.7. The van der Waals surface area contributed by atoms with Crippen molar-refractivity contribution in [3.8, 4) is 0 Å². The van der Waals surface area contributed by atoms with E-state index in [2.05, 4.69) is 15.3 Å². The van der Waals surface area contributed by atoms with Gasteiger partial charge in [0.05, 0.1) is 5.56 Å². The number of nitrogens with zero attached hydrogens (tertiary/aromatic N) is 1. The smallest absolute Gasteiger partial charge is 0.256 e. The third-order valence-electron chi connectivity index (χ3n) is 3.37. The van der Waals surface area contributed by atoms with Gasteiger partial charge < -0.3 is 10.3 Å². The Kier molecular flexibility index (Phi) is 3.44. The van der Waals surface area contributed by atoms with Crippen molar-refractivity contribution < 1.29 is 4.39 Å². The fraction of sp³-hybridized carbons (Fsp3) is 0.286. The molecule has 0 aliphatic carbocycles. The molecule has 0 saturated heterocycles. The molecule has 0 spiro atoms. The van der Waals surface area contributed by atoms with Crippen LogP contribution in [-0.2, 0) is 12.8 Å². The zero-order valence-corrected chi connectivity index (χ0v) is 11.4. The van der Waals surface area contributed by atoms with Crippen LogP contribution in [0, 0.1) is 5.82 Å². The van der Waals surface area contributed by atoms with Crippen molar-refractivity contribution in [3.63, 3.8) is 0 Å². The van der Waals surface area contributed by atoms with E-state index in [-0.39, 0.29) is 12.0 Å². The lowest BCUT2D eigenvalue weighted by Crippen LogP contribution is -2.25. The molecule has 1 aromatic heterocycles. The number of hydrogen-bond acceptors (Lipinski definition) is 3. The van der Waals surface area contributed by atoms with E-state index in [4.69, 9.17) is 11.6 Å². The molecule has 0 fully saturated rings. The van der Waals surface area contributed by atoms with E-state index >= 15 is 0 Å². The van der Waals surface area contributed by atoms with Crippen LogP contribution in [0.3, 0.4) is 0 Å². The molecule has 0 amide bonds. The number of fused-ring (bicyclic) bond motifs is 1. The van der Waals surface area contributed by atoms with Gasteiger partial charge in [-0.2, -0.15) is 0 Å². The predicted molar refractivity (Wildman–Crippen MR) is 75.9 cm³/mol. The SMILES string of the molecule is O=c1[nH]c(Cc2c(F)cccc2Cl)nc2c1CCCN2. The van der Waals surface area contributed by atoms with Gasteiger partial charge in [0.25, 0.3) is 5.56 Å². The molecular formula is C14H13ClFN3O. The van der Waals surface area contributed by atoms with Gasteiger partial charge in [-0.05, 0) is 25.0 Å².